The van der Waals surface area contributed by atoms with Crippen molar-refractivity contribution in [1.82, 2.24) is 4.57 Å². The molecular formula is C23H15Cl2N3O3S. The van der Waals surface area contributed by atoms with Crippen LogP contribution >= 0.6 is 34.5 Å². The van der Waals surface area contributed by atoms with Gasteiger partial charge in [0.05, 0.1) is 26.1 Å². The van der Waals surface area contributed by atoms with E-state index in [0.717, 1.165) is 27.8 Å². The number of aromatic nitrogens is 1. The lowest BCUT2D eigenvalue weighted by molar-refractivity contribution is -0.384. The Kier molecular flexibility index (Phi) is 6.23. The topological polar surface area (TPSA) is 77.5 Å². The second-order valence-electron chi connectivity index (χ2n) is 6.83. The van der Waals surface area contributed by atoms with Crippen LogP contribution in [-0.2, 0) is 7.05 Å². The number of halogens is 2. The first-order valence-corrected chi connectivity index (χ1v) is 11.0. The fraction of sp³-hybridized carbons (Fsp3) is 0.0435. The fourth-order valence-electron chi connectivity index (χ4n) is 3.21. The Balaban J connectivity index is 1.86. The Morgan fingerprint density at radius 2 is 1.69 bits per heavy atom. The highest BCUT2D eigenvalue weighted by Crippen LogP contribution is 2.34. The zero-order valence-electron chi connectivity index (χ0n) is 16.7. The summed E-state index contributed by atoms with van der Waals surface area (Å²) in [7, 11) is 1.83. The summed E-state index contributed by atoms with van der Waals surface area (Å²) in [5, 5.41) is 11.5. The Hall–Kier alpha value is -3.26. The van der Waals surface area contributed by atoms with Gasteiger partial charge in [-0.2, -0.15) is 4.99 Å². The molecule has 0 bridgehead atoms. The Bertz CT molecular complexity index is 1390. The molecule has 0 atom stereocenters. The summed E-state index contributed by atoms with van der Waals surface area (Å²) in [6.45, 7) is 0. The van der Waals surface area contributed by atoms with Crippen molar-refractivity contribution in [1.29, 1.82) is 0 Å². The number of non-ortho nitro benzene ring substituents is 1. The molecule has 0 N–H and O–H groups in total. The van der Waals surface area contributed by atoms with Gasteiger partial charge in [-0.25, -0.2) is 0 Å². The second kappa shape index (κ2) is 9.08. The van der Waals surface area contributed by atoms with Crippen LogP contribution in [0.1, 0.15) is 10.4 Å². The SMILES string of the molecule is Cn1c(-c2ccc(Cl)cc2)c(-c2ccccc2)sc1=NC(=O)c1ccc([N+](=O)[O-])cc1Cl. The Morgan fingerprint density at radius 1 is 1.00 bits per heavy atom. The van der Waals surface area contributed by atoms with Crippen LogP contribution in [0.2, 0.25) is 10.0 Å². The molecule has 9 heteroatoms. The van der Waals surface area contributed by atoms with Crippen molar-refractivity contribution in [3.05, 3.63) is 103 Å². The molecule has 4 aromatic rings. The van der Waals surface area contributed by atoms with Crippen LogP contribution in [0.3, 0.4) is 0 Å². The van der Waals surface area contributed by atoms with E-state index in [-0.39, 0.29) is 16.3 Å². The van der Waals surface area contributed by atoms with E-state index < -0.39 is 10.8 Å². The molecule has 0 fully saturated rings. The van der Waals surface area contributed by atoms with Crippen molar-refractivity contribution in [2.45, 2.75) is 0 Å². The average Bonchev–Trinajstić information content (AvgIpc) is 3.10. The van der Waals surface area contributed by atoms with Crippen molar-refractivity contribution < 1.29 is 9.72 Å². The van der Waals surface area contributed by atoms with Gasteiger partial charge in [0.15, 0.2) is 4.80 Å². The lowest BCUT2D eigenvalue weighted by atomic mass is 10.1. The van der Waals surface area contributed by atoms with Gasteiger partial charge < -0.3 is 4.57 Å². The zero-order valence-corrected chi connectivity index (χ0v) is 19.0. The highest BCUT2D eigenvalue weighted by molar-refractivity contribution is 7.13. The van der Waals surface area contributed by atoms with Crippen molar-refractivity contribution in [3.63, 3.8) is 0 Å². The normalized spacial score (nSPS) is 11.5. The number of hydrogen-bond acceptors (Lipinski definition) is 4. The van der Waals surface area contributed by atoms with Gasteiger partial charge in [-0.1, -0.05) is 77.0 Å². The van der Waals surface area contributed by atoms with Gasteiger partial charge in [0.1, 0.15) is 0 Å². The van der Waals surface area contributed by atoms with Crippen molar-refractivity contribution in [3.8, 4) is 21.7 Å². The molecular weight excluding hydrogens is 469 g/mol. The third-order valence-corrected chi connectivity index (χ3v) is 6.52. The van der Waals surface area contributed by atoms with E-state index >= 15 is 0 Å². The third kappa shape index (κ3) is 4.36. The maximum absolute atomic E-state index is 12.9. The molecule has 160 valence electrons. The molecule has 4 rings (SSSR count). The van der Waals surface area contributed by atoms with Crippen molar-refractivity contribution >= 4 is 46.1 Å². The summed E-state index contributed by atoms with van der Waals surface area (Å²) in [5.41, 5.74) is 2.71. The van der Waals surface area contributed by atoms with Gasteiger partial charge >= 0.3 is 0 Å². The molecule has 1 heterocycles. The first-order valence-electron chi connectivity index (χ1n) is 9.39. The molecule has 3 aromatic carbocycles. The summed E-state index contributed by atoms with van der Waals surface area (Å²) >= 11 is 13.5. The molecule has 0 aliphatic carbocycles. The Labute approximate surface area is 197 Å². The van der Waals surface area contributed by atoms with Crippen molar-refractivity contribution in [2.24, 2.45) is 12.0 Å². The number of amides is 1. The summed E-state index contributed by atoms with van der Waals surface area (Å²) in [6.07, 6.45) is 0. The average molecular weight is 484 g/mol. The van der Waals surface area contributed by atoms with Gasteiger partial charge in [0.2, 0.25) is 0 Å². The van der Waals surface area contributed by atoms with Crippen LogP contribution in [-0.4, -0.2) is 15.4 Å². The van der Waals surface area contributed by atoms with E-state index in [1.807, 2.05) is 66.2 Å². The molecule has 1 amide bonds. The molecule has 32 heavy (non-hydrogen) atoms. The number of benzene rings is 3. The number of thiazole rings is 1. The largest absolute Gasteiger partial charge is 0.319 e. The molecule has 0 saturated heterocycles. The molecule has 0 saturated carbocycles. The molecule has 6 nitrogen and oxygen atoms in total. The summed E-state index contributed by atoms with van der Waals surface area (Å²) < 4.78 is 1.84. The number of rotatable bonds is 4. The predicted molar refractivity (Wildman–Crippen MR) is 127 cm³/mol. The predicted octanol–water partition coefficient (Wildman–Crippen LogP) is 6.38. The zero-order chi connectivity index (χ0) is 22.8. The second-order valence-corrected chi connectivity index (χ2v) is 8.65. The van der Waals surface area contributed by atoms with Crippen molar-refractivity contribution in [2.75, 3.05) is 0 Å². The highest BCUT2D eigenvalue weighted by atomic mass is 35.5. The molecule has 0 unspecified atom stereocenters. The maximum atomic E-state index is 12.9. The lowest BCUT2D eigenvalue weighted by Gasteiger charge is -2.07. The van der Waals surface area contributed by atoms with Crippen LogP contribution in [0.15, 0.2) is 77.8 Å². The number of hydrogen-bond donors (Lipinski definition) is 0. The molecule has 1 aromatic heterocycles. The number of nitro groups is 1. The summed E-state index contributed by atoms with van der Waals surface area (Å²) in [4.78, 5) is 28.9. The fourth-order valence-corrected chi connectivity index (χ4v) is 4.74. The highest BCUT2D eigenvalue weighted by Gasteiger charge is 2.18. The van der Waals surface area contributed by atoms with Crippen LogP contribution < -0.4 is 4.80 Å². The first kappa shape index (κ1) is 22.0. The number of carbonyl (C=O) groups is 1. The van der Waals surface area contributed by atoms with Crippen LogP contribution in [0.4, 0.5) is 5.69 Å². The third-order valence-electron chi connectivity index (χ3n) is 4.78. The quantitative estimate of drug-likeness (QED) is 0.249. The molecule has 0 aliphatic rings. The number of nitro benzene ring substituents is 1. The summed E-state index contributed by atoms with van der Waals surface area (Å²) in [5.74, 6) is -0.580. The van der Waals surface area contributed by atoms with Crippen LogP contribution in [0.5, 0.6) is 0 Å². The van der Waals surface area contributed by atoms with E-state index in [9.17, 15) is 14.9 Å². The van der Waals surface area contributed by atoms with Gasteiger partial charge in [-0.05, 0) is 29.3 Å². The summed E-state index contributed by atoms with van der Waals surface area (Å²) in [6, 6.07) is 20.9. The van der Waals surface area contributed by atoms with E-state index in [0.29, 0.717) is 9.82 Å². The number of carbonyl (C=O) groups excluding carboxylic acids is 1. The van der Waals surface area contributed by atoms with E-state index in [1.54, 1.807) is 0 Å². The van der Waals surface area contributed by atoms with Crippen LogP contribution in [0, 0.1) is 10.1 Å². The Morgan fingerprint density at radius 3 is 2.31 bits per heavy atom. The standard InChI is InChI=1S/C23H15Cl2N3O3S/c1-27-20(14-7-9-16(24)10-8-14)21(15-5-3-2-4-6-15)32-23(27)26-22(29)18-12-11-17(28(30)31)13-19(18)25/h2-13H,1H3. The van der Waals surface area contributed by atoms with Crippen LogP contribution in [0.25, 0.3) is 21.7 Å². The molecule has 0 radical (unpaired) electrons. The van der Waals surface area contributed by atoms with E-state index in [2.05, 4.69) is 4.99 Å². The lowest BCUT2D eigenvalue weighted by Crippen LogP contribution is -2.14. The van der Waals surface area contributed by atoms with E-state index in [1.165, 1.54) is 23.5 Å². The monoisotopic (exact) mass is 483 g/mol. The van der Waals surface area contributed by atoms with Gasteiger partial charge in [0.25, 0.3) is 11.6 Å². The van der Waals surface area contributed by atoms with Gasteiger partial charge in [-0.3, -0.25) is 14.9 Å². The molecule has 0 aliphatic heterocycles. The minimum atomic E-state index is -0.580. The maximum Gasteiger partial charge on any atom is 0.281 e. The minimum absolute atomic E-state index is 0.0200. The molecule has 0 spiro atoms. The van der Waals surface area contributed by atoms with Gasteiger partial charge in [0, 0.05) is 24.2 Å². The van der Waals surface area contributed by atoms with E-state index in [4.69, 9.17) is 23.2 Å². The smallest absolute Gasteiger partial charge is 0.281 e. The number of nitrogens with zero attached hydrogens (tertiary/aromatic N) is 3. The van der Waals surface area contributed by atoms with Gasteiger partial charge in [-0.15, -0.1) is 0 Å². The first-order chi connectivity index (χ1) is 15.3. The minimum Gasteiger partial charge on any atom is -0.319 e.